The molecule has 0 radical (unpaired) electrons. The van der Waals surface area contributed by atoms with Crippen molar-refractivity contribution in [3.8, 4) is 17.4 Å². The molecule has 1 aromatic heterocycles. The summed E-state index contributed by atoms with van der Waals surface area (Å²) in [5.74, 6) is 2.37. The van der Waals surface area contributed by atoms with Gasteiger partial charge in [-0.15, -0.1) is 0 Å². The van der Waals surface area contributed by atoms with Crippen molar-refractivity contribution in [3.05, 3.63) is 77.5 Å². The molecule has 3 aromatic rings. The number of rotatable bonds is 3. The van der Waals surface area contributed by atoms with E-state index in [0.717, 1.165) is 41.8 Å². The van der Waals surface area contributed by atoms with Gasteiger partial charge in [0.15, 0.2) is 17.3 Å². The number of pyridine rings is 1. The summed E-state index contributed by atoms with van der Waals surface area (Å²) in [6.07, 6.45) is 4.53. The number of oxime groups is 1. The molecule has 3 heterocycles. The molecule has 32 heavy (non-hydrogen) atoms. The Bertz CT molecular complexity index is 1170. The molecule has 0 amide bonds. The van der Waals surface area contributed by atoms with E-state index >= 15 is 0 Å². The van der Waals surface area contributed by atoms with Crippen LogP contribution >= 0.6 is 0 Å². The number of hydrogen-bond acceptors (Lipinski definition) is 5. The first kappa shape index (κ1) is 20.4. The summed E-state index contributed by atoms with van der Waals surface area (Å²) in [6, 6.07) is 18.0. The van der Waals surface area contributed by atoms with E-state index in [0.29, 0.717) is 17.5 Å². The Hall–Kier alpha value is -3.54. The third kappa shape index (κ3) is 3.66. The van der Waals surface area contributed by atoms with E-state index in [1.165, 1.54) is 5.56 Å². The van der Waals surface area contributed by atoms with Crippen molar-refractivity contribution in [3.63, 3.8) is 0 Å². The van der Waals surface area contributed by atoms with Crippen LogP contribution in [-0.4, -0.2) is 27.7 Å². The maximum absolute atomic E-state index is 9.91. The number of fused-ring (bicyclic) bond motifs is 2. The zero-order chi connectivity index (χ0) is 22.3. The largest absolute Gasteiger partial charge is 0.483 e. The van der Waals surface area contributed by atoms with Gasteiger partial charge in [0, 0.05) is 41.5 Å². The summed E-state index contributed by atoms with van der Waals surface area (Å²) in [7, 11) is 0. The van der Waals surface area contributed by atoms with Gasteiger partial charge in [0.2, 0.25) is 5.88 Å². The van der Waals surface area contributed by atoms with Crippen molar-refractivity contribution in [1.82, 2.24) is 4.98 Å². The Balaban J connectivity index is 1.41. The minimum absolute atomic E-state index is 0.208. The van der Waals surface area contributed by atoms with E-state index in [9.17, 15) is 5.21 Å². The summed E-state index contributed by atoms with van der Waals surface area (Å²) in [5, 5.41) is 13.6. The molecule has 2 aliphatic rings. The lowest BCUT2D eigenvalue weighted by Gasteiger charge is -2.36. The fraction of sp³-hybridized carbons (Fsp3) is 0.308. The summed E-state index contributed by atoms with van der Waals surface area (Å²) < 4.78 is 12.1. The van der Waals surface area contributed by atoms with Gasteiger partial charge < -0.3 is 19.6 Å². The first-order valence-corrected chi connectivity index (χ1v) is 11.0. The normalized spacial score (nSPS) is 19.2. The molecule has 0 saturated carbocycles. The number of para-hydroxylation sites is 2. The van der Waals surface area contributed by atoms with Crippen LogP contribution in [-0.2, 0) is 12.8 Å². The van der Waals surface area contributed by atoms with Crippen LogP contribution in [0.3, 0.4) is 0 Å². The van der Waals surface area contributed by atoms with Gasteiger partial charge in [-0.2, -0.15) is 0 Å². The van der Waals surface area contributed by atoms with E-state index in [1.54, 1.807) is 12.3 Å². The molecule has 0 saturated heterocycles. The molecule has 6 nitrogen and oxygen atoms in total. The van der Waals surface area contributed by atoms with Crippen LogP contribution in [0.2, 0.25) is 0 Å². The Labute approximate surface area is 188 Å². The molecular weight excluding hydrogens is 402 g/mol. The zero-order valence-electron chi connectivity index (χ0n) is 18.6. The van der Waals surface area contributed by atoms with Gasteiger partial charge in [0.05, 0.1) is 0 Å². The lowest BCUT2D eigenvalue weighted by atomic mass is 9.96. The molecule has 1 unspecified atom stereocenters. The first-order valence-electron chi connectivity index (χ1n) is 11.0. The number of hydrogen-bond donors (Lipinski definition) is 1. The Kier molecular flexibility index (Phi) is 5.00. The van der Waals surface area contributed by atoms with Crippen LogP contribution in [0.4, 0.5) is 5.69 Å². The Morgan fingerprint density at radius 2 is 1.94 bits per heavy atom. The number of nitrogens with zero attached hydrogens (tertiary/aromatic N) is 3. The number of ether oxygens (including phenoxy) is 2. The van der Waals surface area contributed by atoms with Crippen LogP contribution in [0.15, 0.2) is 65.9 Å². The van der Waals surface area contributed by atoms with Crippen molar-refractivity contribution in [2.24, 2.45) is 5.16 Å². The summed E-state index contributed by atoms with van der Waals surface area (Å²) >= 11 is 0. The van der Waals surface area contributed by atoms with Crippen LogP contribution in [0.25, 0.3) is 0 Å². The quantitative estimate of drug-likeness (QED) is 0.255. The van der Waals surface area contributed by atoms with Crippen molar-refractivity contribution >= 4 is 11.5 Å². The fourth-order valence-corrected chi connectivity index (χ4v) is 4.61. The van der Waals surface area contributed by atoms with E-state index < -0.39 is 0 Å². The molecule has 1 atom stereocenters. The maximum Gasteiger partial charge on any atom is 0.219 e. The summed E-state index contributed by atoms with van der Waals surface area (Å²) in [5.41, 5.74) is 3.93. The maximum atomic E-state index is 9.91. The number of anilines is 1. The smallest absolute Gasteiger partial charge is 0.219 e. The van der Waals surface area contributed by atoms with Crippen LogP contribution in [0.1, 0.15) is 43.9 Å². The highest BCUT2D eigenvalue weighted by molar-refractivity contribution is 6.10. The Morgan fingerprint density at radius 1 is 1.12 bits per heavy atom. The molecule has 1 N–H and O–H groups in total. The van der Waals surface area contributed by atoms with Gasteiger partial charge >= 0.3 is 0 Å². The molecule has 6 heteroatoms. The lowest BCUT2D eigenvalue weighted by molar-refractivity contribution is 0.135. The van der Waals surface area contributed by atoms with E-state index in [1.807, 2.05) is 30.3 Å². The second-order valence-corrected chi connectivity index (χ2v) is 9.08. The highest BCUT2D eigenvalue weighted by Gasteiger charge is 2.32. The van der Waals surface area contributed by atoms with E-state index in [2.05, 4.69) is 54.0 Å². The monoisotopic (exact) mass is 429 g/mol. The van der Waals surface area contributed by atoms with Gasteiger partial charge in [-0.1, -0.05) is 35.5 Å². The second-order valence-electron chi connectivity index (χ2n) is 9.08. The van der Waals surface area contributed by atoms with Crippen molar-refractivity contribution in [2.75, 3.05) is 4.90 Å². The predicted octanol–water partition coefficient (Wildman–Crippen LogP) is 5.56. The number of aryl methyl sites for hydroxylation is 1. The van der Waals surface area contributed by atoms with Crippen molar-refractivity contribution in [1.29, 1.82) is 0 Å². The number of benzene rings is 2. The molecule has 2 aromatic carbocycles. The highest BCUT2D eigenvalue weighted by Crippen LogP contribution is 2.43. The molecular formula is C26H27N3O3. The fourth-order valence-electron chi connectivity index (χ4n) is 4.61. The summed E-state index contributed by atoms with van der Waals surface area (Å²) in [4.78, 5) is 6.56. The molecule has 164 valence electrons. The van der Waals surface area contributed by atoms with Crippen LogP contribution < -0.4 is 14.4 Å². The lowest BCUT2D eigenvalue weighted by Crippen LogP contribution is -2.42. The molecule has 0 aliphatic carbocycles. The number of aromatic nitrogens is 1. The number of amidine groups is 1. The van der Waals surface area contributed by atoms with Gasteiger partial charge in [-0.3, -0.25) is 0 Å². The molecule has 0 fully saturated rings. The third-order valence-electron chi connectivity index (χ3n) is 6.11. The first-order chi connectivity index (χ1) is 15.4. The van der Waals surface area contributed by atoms with E-state index in [4.69, 9.17) is 9.47 Å². The standard InChI is InChI=1S/C26H27N3O3/c1-17-11-12-18-7-4-5-9-21(18)29(17)25(28-30)20-13-14-23(27-16-20)31-22-10-6-8-19-15-26(2,3)32-24(19)22/h4-10,13-14,16-17,30H,11-12,15H2,1-3H3/b28-25-. The minimum Gasteiger partial charge on any atom is -0.483 e. The second kappa shape index (κ2) is 7.86. The zero-order valence-corrected chi connectivity index (χ0v) is 18.6. The SMILES string of the molecule is CC1CCc2ccccc2N1/C(=N\O)c1ccc(Oc2cccc3c2OC(C)(C)C3)nc1. The average Bonchev–Trinajstić information content (AvgIpc) is 3.11. The van der Waals surface area contributed by atoms with Gasteiger partial charge in [-0.25, -0.2) is 4.98 Å². The van der Waals surface area contributed by atoms with Crippen molar-refractivity contribution < 1.29 is 14.7 Å². The summed E-state index contributed by atoms with van der Waals surface area (Å²) in [6.45, 7) is 6.28. The van der Waals surface area contributed by atoms with E-state index in [-0.39, 0.29) is 11.6 Å². The minimum atomic E-state index is -0.243. The van der Waals surface area contributed by atoms with Gasteiger partial charge in [-0.05, 0) is 57.4 Å². The molecule has 5 rings (SSSR count). The third-order valence-corrected chi connectivity index (χ3v) is 6.11. The predicted molar refractivity (Wildman–Crippen MR) is 124 cm³/mol. The van der Waals surface area contributed by atoms with Gasteiger partial charge in [0.1, 0.15) is 5.60 Å². The topological polar surface area (TPSA) is 67.2 Å². The Morgan fingerprint density at radius 3 is 2.72 bits per heavy atom. The van der Waals surface area contributed by atoms with Crippen LogP contribution in [0.5, 0.6) is 17.4 Å². The van der Waals surface area contributed by atoms with Gasteiger partial charge in [0.25, 0.3) is 0 Å². The molecule has 0 bridgehead atoms. The van der Waals surface area contributed by atoms with Crippen LogP contribution in [0, 0.1) is 0 Å². The average molecular weight is 430 g/mol. The molecule has 0 spiro atoms. The van der Waals surface area contributed by atoms with Crippen molar-refractivity contribution in [2.45, 2.75) is 51.7 Å². The highest BCUT2D eigenvalue weighted by atomic mass is 16.5. The molecule has 2 aliphatic heterocycles.